The molecule has 24 heavy (non-hydrogen) atoms. The van der Waals surface area contributed by atoms with E-state index >= 15 is 0 Å². The Morgan fingerprint density at radius 3 is 2.62 bits per heavy atom. The summed E-state index contributed by atoms with van der Waals surface area (Å²) in [7, 11) is 1.60. The Bertz CT molecular complexity index is 589. The third-order valence-corrected chi connectivity index (χ3v) is 4.62. The Morgan fingerprint density at radius 1 is 1.38 bits per heavy atom. The fourth-order valence-corrected chi connectivity index (χ4v) is 2.95. The van der Waals surface area contributed by atoms with Crippen LogP contribution in [-0.2, 0) is 9.59 Å². The molecule has 1 aliphatic heterocycles. The second-order valence-electron chi connectivity index (χ2n) is 6.35. The van der Waals surface area contributed by atoms with Crippen molar-refractivity contribution in [3.63, 3.8) is 0 Å². The zero-order chi connectivity index (χ0) is 16.4. The standard InChI is InChI=1S/C17H23N3O3.ClH/c1-23-14-6-4-13(5-7-14)20-10-12(8-16(20)21)17(22)19-9-15(18)11-2-3-11;/h4-7,11-12,15H,2-3,8-10,18H2,1H3,(H,19,22);1H. The Morgan fingerprint density at radius 2 is 2.04 bits per heavy atom. The third-order valence-electron chi connectivity index (χ3n) is 4.62. The average Bonchev–Trinajstić information content (AvgIpc) is 3.35. The highest BCUT2D eigenvalue weighted by atomic mass is 35.5. The fraction of sp³-hybridized carbons (Fsp3) is 0.529. The quantitative estimate of drug-likeness (QED) is 0.807. The molecular formula is C17H24ClN3O3. The molecule has 6 nitrogen and oxygen atoms in total. The molecule has 0 aromatic heterocycles. The van der Waals surface area contributed by atoms with Crippen LogP contribution in [0.25, 0.3) is 0 Å². The van der Waals surface area contributed by atoms with Gasteiger partial charge in [-0.05, 0) is 43.0 Å². The maximum absolute atomic E-state index is 12.3. The highest BCUT2D eigenvalue weighted by molar-refractivity contribution is 6.00. The Kier molecular flexibility index (Phi) is 6.07. The van der Waals surface area contributed by atoms with Gasteiger partial charge in [-0.25, -0.2) is 0 Å². The largest absolute Gasteiger partial charge is 0.497 e. The van der Waals surface area contributed by atoms with Crippen molar-refractivity contribution in [2.75, 3.05) is 25.1 Å². The summed E-state index contributed by atoms with van der Waals surface area (Å²) in [5.74, 6) is 0.878. The van der Waals surface area contributed by atoms with Crippen LogP contribution in [-0.4, -0.2) is 38.1 Å². The molecule has 1 saturated heterocycles. The number of methoxy groups -OCH3 is 1. The molecule has 2 fully saturated rings. The summed E-state index contributed by atoms with van der Waals surface area (Å²) in [6.07, 6.45) is 2.56. The van der Waals surface area contributed by atoms with Gasteiger partial charge in [0.25, 0.3) is 0 Å². The SMILES string of the molecule is COc1ccc(N2CC(C(=O)NCC(N)C3CC3)CC2=O)cc1.Cl. The number of nitrogens with two attached hydrogens (primary N) is 1. The van der Waals surface area contributed by atoms with Crippen LogP contribution < -0.4 is 20.7 Å². The minimum Gasteiger partial charge on any atom is -0.497 e. The van der Waals surface area contributed by atoms with E-state index < -0.39 is 0 Å². The van der Waals surface area contributed by atoms with E-state index in [4.69, 9.17) is 10.5 Å². The van der Waals surface area contributed by atoms with E-state index in [0.717, 1.165) is 24.3 Å². The molecular weight excluding hydrogens is 330 g/mol. The number of benzene rings is 1. The van der Waals surface area contributed by atoms with Gasteiger partial charge >= 0.3 is 0 Å². The van der Waals surface area contributed by atoms with Gasteiger partial charge in [-0.1, -0.05) is 0 Å². The van der Waals surface area contributed by atoms with E-state index in [1.165, 1.54) is 0 Å². The smallest absolute Gasteiger partial charge is 0.227 e. The molecule has 2 atom stereocenters. The van der Waals surface area contributed by atoms with E-state index in [0.29, 0.717) is 19.0 Å². The Balaban J connectivity index is 0.00000208. The molecule has 132 valence electrons. The van der Waals surface area contributed by atoms with Gasteiger partial charge in [-0.3, -0.25) is 9.59 Å². The Labute approximate surface area is 148 Å². The maximum Gasteiger partial charge on any atom is 0.227 e. The highest BCUT2D eigenvalue weighted by Gasteiger charge is 2.36. The maximum atomic E-state index is 12.3. The van der Waals surface area contributed by atoms with Gasteiger partial charge in [-0.15, -0.1) is 12.4 Å². The summed E-state index contributed by atoms with van der Waals surface area (Å²) in [6.45, 7) is 0.909. The van der Waals surface area contributed by atoms with Crippen LogP contribution in [0.5, 0.6) is 5.75 Å². The summed E-state index contributed by atoms with van der Waals surface area (Å²) in [4.78, 5) is 26.1. The number of hydrogen-bond acceptors (Lipinski definition) is 4. The number of amides is 2. The molecule has 0 bridgehead atoms. The molecule has 1 aromatic carbocycles. The first kappa shape index (κ1) is 18.5. The van der Waals surface area contributed by atoms with Crippen LogP contribution in [0, 0.1) is 11.8 Å². The molecule has 2 unspecified atom stereocenters. The normalized spacial score (nSPS) is 21.2. The van der Waals surface area contributed by atoms with E-state index in [2.05, 4.69) is 5.32 Å². The lowest BCUT2D eigenvalue weighted by Gasteiger charge is -2.17. The predicted octanol–water partition coefficient (Wildman–Crippen LogP) is 1.32. The minimum absolute atomic E-state index is 0. The predicted molar refractivity (Wildman–Crippen MR) is 94.4 cm³/mol. The second kappa shape index (κ2) is 7.85. The van der Waals surface area contributed by atoms with Crippen LogP contribution in [0.15, 0.2) is 24.3 Å². The third kappa shape index (κ3) is 4.19. The van der Waals surface area contributed by atoms with Crippen LogP contribution in [0.3, 0.4) is 0 Å². The number of rotatable bonds is 6. The molecule has 3 N–H and O–H groups in total. The highest BCUT2D eigenvalue weighted by Crippen LogP contribution is 2.31. The molecule has 2 aliphatic rings. The lowest BCUT2D eigenvalue weighted by molar-refractivity contribution is -0.126. The van der Waals surface area contributed by atoms with Crippen molar-refractivity contribution >= 4 is 29.9 Å². The van der Waals surface area contributed by atoms with Crippen molar-refractivity contribution in [1.29, 1.82) is 0 Å². The monoisotopic (exact) mass is 353 g/mol. The van der Waals surface area contributed by atoms with Crippen molar-refractivity contribution in [1.82, 2.24) is 5.32 Å². The summed E-state index contributed by atoms with van der Waals surface area (Å²) in [5, 5.41) is 2.89. The number of ether oxygens (including phenoxy) is 1. The number of nitrogens with zero attached hydrogens (tertiary/aromatic N) is 1. The van der Waals surface area contributed by atoms with Gasteiger partial charge < -0.3 is 20.7 Å². The van der Waals surface area contributed by atoms with Crippen LogP contribution in [0.4, 0.5) is 5.69 Å². The van der Waals surface area contributed by atoms with Gasteiger partial charge in [0.15, 0.2) is 0 Å². The van der Waals surface area contributed by atoms with Gasteiger partial charge in [0.05, 0.1) is 13.0 Å². The number of nitrogens with one attached hydrogen (secondary N) is 1. The van der Waals surface area contributed by atoms with Crippen molar-refractivity contribution in [3.8, 4) is 5.75 Å². The van der Waals surface area contributed by atoms with Crippen LogP contribution in [0.2, 0.25) is 0 Å². The Hall–Kier alpha value is -1.79. The minimum atomic E-state index is -0.309. The van der Waals surface area contributed by atoms with E-state index in [9.17, 15) is 9.59 Å². The number of carbonyl (C=O) groups is 2. The zero-order valence-electron chi connectivity index (χ0n) is 13.7. The summed E-state index contributed by atoms with van der Waals surface area (Å²) >= 11 is 0. The molecule has 2 amide bonds. The molecule has 1 aliphatic carbocycles. The van der Waals surface area contributed by atoms with Crippen molar-refractivity contribution in [2.45, 2.75) is 25.3 Å². The molecule has 0 radical (unpaired) electrons. The lowest BCUT2D eigenvalue weighted by Crippen LogP contribution is -2.41. The first-order valence-electron chi connectivity index (χ1n) is 8.06. The fourth-order valence-electron chi connectivity index (χ4n) is 2.95. The van der Waals surface area contributed by atoms with Crippen LogP contribution >= 0.6 is 12.4 Å². The summed E-state index contributed by atoms with van der Waals surface area (Å²) in [6, 6.07) is 7.32. The molecule has 1 saturated carbocycles. The van der Waals surface area contributed by atoms with Crippen molar-refractivity contribution < 1.29 is 14.3 Å². The van der Waals surface area contributed by atoms with Gasteiger partial charge in [-0.2, -0.15) is 0 Å². The topological polar surface area (TPSA) is 84.7 Å². The number of halogens is 1. The van der Waals surface area contributed by atoms with Crippen LogP contribution in [0.1, 0.15) is 19.3 Å². The first-order chi connectivity index (χ1) is 11.1. The number of hydrogen-bond donors (Lipinski definition) is 2. The lowest BCUT2D eigenvalue weighted by atomic mass is 10.1. The summed E-state index contributed by atoms with van der Waals surface area (Å²) in [5.41, 5.74) is 6.79. The second-order valence-corrected chi connectivity index (χ2v) is 6.35. The summed E-state index contributed by atoms with van der Waals surface area (Å²) < 4.78 is 5.12. The van der Waals surface area contributed by atoms with Gasteiger partial charge in [0.1, 0.15) is 5.75 Å². The van der Waals surface area contributed by atoms with Gasteiger partial charge in [0.2, 0.25) is 11.8 Å². The van der Waals surface area contributed by atoms with E-state index in [1.807, 2.05) is 24.3 Å². The number of anilines is 1. The zero-order valence-corrected chi connectivity index (χ0v) is 14.6. The molecule has 1 heterocycles. The van der Waals surface area contributed by atoms with E-state index in [1.54, 1.807) is 12.0 Å². The van der Waals surface area contributed by atoms with Gasteiger partial charge in [0, 0.05) is 31.2 Å². The number of carbonyl (C=O) groups excluding carboxylic acids is 2. The van der Waals surface area contributed by atoms with Crippen molar-refractivity contribution in [3.05, 3.63) is 24.3 Å². The van der Waals surface area contributed by atoms with Crippen molar-refractivity contribution in [2.24, 2.45) is 17.6 Å². The molecule has 1 aromatic rings. The average molecular weight is 354 g/mol. The molecule has 7 heteroatoms. The van der Waals surface area contributed by atoms with E-state index in [-0.39, 0.29) is 42.6 Å². The molecule has 3 rings (SSSR count). The molecule has 0 spiro atoms. The first-order valence-corrected chi connectivity index (χ1v) is 8.06.